The lowest BCUT2D eigenvalue weighted by atomic mass is 10.0. The summed E-state index contributed by atoms with van der Waals surface area (Å²) in [4.78, 5) is 0. The van der Waals surface area contributed by atoms with E-state index in [9.17, 15) is 0 Å². The number of allylic oxidation sites excluding steroid dienone is 5. The number of benzene rings is 6. The minimum absolute atomic E-state index is 0.943. The van der Waals surface area contributed by atoms with Gasteiger partial charge in [-0.05, 0) is 92.5 Å². The third kappa shape index (κ3) is 5.62. The van der Waals surface area contributed by atoms with E-state index in [0.29, 0.717) is 0 Å². The summed E-state index contributed by atoms with van der Waals surface area (Å²) in [6.45, 7) is 4.00. The topological polar surface area (TPSA) is 17.0 Å². The summed E-state index contributed by atoms with van der Waals surface area (Å²) in [5.74, 6) is 0. The van der Waals surface area contributed by atoms with Crippen molar-refractivity contribution in [2.45, 2.75) is 20.3 Å². The highest BCUT2D eigenvalue weighted by Crippen LogP contribution is 2.40. The fraction of sp³-hybridized carbons (Fsp3) is 0.0625. The highest BCUT2D eigenvalue weighted by atomic mass is 15.0. The van der Waals surface area contributed by atoms with E-state index in [1.165, 1.54) is 77.2 Å². The highest BCUT2D eigenvalue weighted by Gasteiger charge is 2.22. The van der Waals surface area contributed by atoms with Crippen molar-refractivity contribution in [3.8, 4) is 16.8 Å². The Hall–Kier alpha value is -6.34. The molecule has 240 valence electrons. The molecule has 6 aromatic carbocycles. The van der Waals surface area contributed by atoms with Gasteiger partial charge in [-0.25, -0.2) is 0 Å². The molecule has 0 unspecified atom stereocenters. The van der Waals surface area contributed by atoms with Crippen molar-refractivity contribution in [2.24, 2.45) is 0 Å². The van der Waals surface area contributed by atoms with Crippen LogP contribution in [0.1, 0.15) is 41.8 Å². The van der Waals surface area contributed by atoms with Crippen LogP contribution in [0.4, 0.5) is 5.69 Å². The first-order chi connectivity index (χ1) is 24.8. The lowest BCUT2D eigenvalue weighted by Gasteiger charge is -2.15. The number of rotatable bonds is 7. The fourth-order valence-electron chi connectivity index (χ4n) is 7.21. The number of nitrogens with zero attached hydrogens (tertiary/aromatic N) is 1. The molecule has 50 heavy (non-hydrogen) atoms. The van der Waals surface area contributed by atoms with Gasteiger partial charge in [0.2, 0.25) is 0 Å². The van der Waals surface area contributed by atoms with Crippen LogP contribution in [0, 0.1) is 0 Å². The predicted molar refractivity (Wildman–Crippen MR) is 218 cm³/mol. The molecule has 0 radical (unpaired) electrons. The summed E-state index contributed by atoms with van der Waals surface area (Å²) in [5.41, 5.74) is 15.5. The van der Waals surface area contributed by atoms with Gasteiger partial charge in [-0.2, -0.15) is 0 Å². The van der Waals surface area contributed by atoms with E-state index in [2.05, 4.69) is 161 Å². The molecule has 0 bridgehead atoms. The lowest BCUT2D eigenvalue weighted by Crippen LogP contribution is -2.00. The summed E-state index contributed by atoms with van der Waals surface area (Å²) in [7, 11) is 0. The quantitative estimate of drug-likeness (QED) is 0.135. The van der Waals surface area contributed by atoms with E-state index in [0.717, 1.165) is 12.1 Å². The maximum Gasteiger partial charge on any atom is 0.0544 e. The van der Waals surface area contributed by atoms with Crippen molar-refractivity contribution in [3.05, 3.63) is 186 Å². The van der Waals surface area contributed by atoms with Gasteiger partial charge in [0, 0.05) is 40.3 Å². The van der Waals surface area contributed by atoms with Crippen LogP contribution in [0.2, 0.25) is 0 Å². The molecular weight excluding hydrogens is 605 g/mol. The van der Waals surface area contributed by atoms with Gasteiger partial charge in [0.1, 0.15) is 0 Å². The summed E-state index contributed by atoms with van der Waals surface area (Å²) in [6.07, 6.45) is 22.0. The first-order valence-electron chi connectivity index (χ1n) is 17.5. The second kappa shape index (κ2) is 13.6. The van der Waals surface area contributed by atoms with Gasteiger partial charge in [-0.15, -0.1) is 5.73 Å². The van der Waals surface area contributed by atoms with Gasteiger partial charge in [-0.1, -0.05) is 135 Å². The van der Waals surface area contributed by atoms with E-state index in [4.69, 9.17) is 0 Å². The molecule has 0 saturated heterocycles. The molecule has 7 aromatic rings. The van der Waals surface area contributed by atoms with Crippen LogP contribution in [0.25, 0.3) is 73.6 Å². The molecule has 0 spiro atoms. The zero-order chi connectivity index (χ0) is 33.9. The molecule has 2 nitrogen and oxygen atoms in total. The molecule has 1 N–H and O–H groups in total. The van der Waals surface area contributed by atoms with E-state index in [1.807, 2.05) is 44.4 Å². The molecular formula is C48H38N2. The zero-order valence-corrected chi connectivity index (χ0v) is 28.4. The SMILES string of the molecule is C1=Cc2ccc(-c3ccc(N/C=C/C=C\C=C/c4ccc(-n5c6c(c7c8ccccc8ccc75)C=CC6)c5ccccc45)cc3)cc2C=1.CC. The summed E-state index contributed by atoms with van der Waals surface area (Å²) in [6, 6.07) is 41.7. The van der Waals surface area contributed by atoms with Gasteiger partial charge in [0.15, 0.2) is 0 Å². The monoisotopic (exact) mass is 642 g/mol. The number of aromatic nitrogens is 1. The Morgan fingerprint density at radius 3 is 2.30 bits per heavy atom. The zero-order valence-electron chi connectivity index (χ0n) is 28.4. The van der Waals surface area contributed by atoms with Crippen LogP contribution >= 0.6 is 0 Å². The van der Waals surface area contributed by atoms with Gasteiger partial charge in [-0.3, -0.25) is 0 Å². The summed E-state index contributed by atoms with van der Waals surface area (Å²) >= 11 is 0. The second-order valence-corrected chi connectivity index (χ2v) is 12.3. The third-order valence-corrected chi connectivity index (χ3v) is 9.51. The summed E-state index contributed by atoms with van der Waals surface area (Å²) in [5, 5.41) is 9.82. The number of anilines is 1. The first kappa shape index (κ1) is 31.0. The van der Waals surface area contributed by atoms with Crippen molar-refractivity contribution in [1.82, 2.24) is 4.57 Å². The van der Waals surface area contributed by atoms with E-state index in [-0.39, 0.29) is 0 Å². The van der Waals surface area contributed by atoms with E-state index in [1.54, 1.807) is 0 Å². The van der Waals surface area contributed by atoms with Crippen LogP contribution in [0.5, 0.6) is 0 Å². The van der Waals surface area contributed by atoms with Crippen LogP contribution in [0.15, 0.2) is 158 Å². The van der Waals surface area contributed by atoms with Crippen molar-refractivity contribution in [1.29, 1.82) is 0 Å². The average Bonchev–Trinajstić information content (AvgIpc) is 3.92. The average molecular weight is 643 g/mol. The molecule has 0 amide bonds. The number of hydrogen-bond donors (Lipinski definition) is 1. The van der Waals surface area contributed by atoms with Gasteiger partial charge in [0.25, 0.3) is 0 Å². The van der Waals surface area contributed by atoms with Crippen molar-refractivity contribution < 1.29 is 0 Å². The molecule has 0 aliphatic heterocycles. The molecule has 0 fully saturated rings. The predicted octanol–water partition coefficient (Wildman–Crippen LogP) is 13.0. The van der Waals surface area contributed by atoms with Crippen LogP contribution < -0.4 is 5.32 Å². The number of nitrogens with one attached hydrogen (secondary N) is 1. The van der Waals surface area contributed by atoms with Gasteiger partial charge >= 0.3 is 0 Å². The third-order valence-electron chi connectivity index (χ3n) is 9.51. The molecule has 9 rings (SSSR count). The molecule has 1 aromatic heterocycles. The Labute approximate surface area is 294 Å². The smallest absolute Gasteiger partial charge is 0.0544 e. The van der Waals surface area contributed by atoms with Crippen molar-refractivity contribution >= 4 is 62.4 Å². The summed E-state index contributed by atoms with van der Waals surface area (Å²) < 4.78 is 2.49. The number of fused-ring (bicyclic) bond motifs is 7. The normalized spacial score (nSPS) is 12.9. The molecule has 1 heterocycles. The lowest BCUT2D eigenvalue weighted by molar-refractivity contribution is 1.02. The highest BCUT2D eigenvalue weighted by molar-refractivity contribution is 6.13. The first-order valence-corrected chi connectivity index (χ1v) is 17.5. The minimum atomic E-state index is 0.943. The maximum atomic E-state index is 3.37. The standard InChI is InChI=1S/C46H32N2.C2H6/c1(2-8-30-47-38-26-22-33(23-27-38)37-21-20-32-13-9-14-36(32)31-37)3-11-34-24-28-44(41-17-7-6-15-39(34)41)48-43-19-10-18-42(43)46-40-16-5-4-12-35(40)25-29-45(46)48;1-2/h1-8,10-18,20-31,47H,19H2;1-2H3/b2-1-,11-3-,30-8+;. The number of hydrogen-bond acceptors (Lipinski definition) is 1. The molecule has 0 atom stereocenters. The fourth-order valence-corrected chi connectivity index (χ4v) is 7.21. The van der Waals surface area contributed by atoms with Crippen LogP contribution in [-0.2, 0) is 6.42 Å². The van der Waals surface area contributed by atoms with Crippen LogP contribution in [0.3, 0.4) is 0 Å². The Morgan fingerprint density at radius 2 is 1.42 bits per heavy atom. The molecule has 2 aliphatic rings. The Bertz CT molecular complexity index is 2580. The Kier molecular flexibility index (Phi) is 8.45. The molecule has 2 aliphatic carbocycles. The van der Waals surface area contributed by atoms with E-state index >= 15 is 0 Å². The maximum absolute atomic E-state index is 3.37. The molecule has 2 heteroatoms. The van der Waals surface area contributed by atoms with Gasteiger partial charge < -0.3 is 9.88 Å². The van der Waals surface area contributed by atoms with Gasteiger partial charge in [0.05, 0.1) is 11.2 Å². The Balaban J connectivity index is 0.00000177. The molecule has 0 saturated carbocycles. The van der Waals surface area contributed by atoms with Crippen molar-refractivity contribution in [2.75, 3.05) is 5.32 Å². The largest absolute Gasteiger partial charge is 0.362 e. The van der Waals surface area contributed by atoms with Crippen molar-refractivity contribution in [3.63, 3.8) is 0 Å². The second-order valence-electron chi connectivity index (χ2n) is 12.3. The van der Waals surface area contributed by atoms with E-state index < -0.39 is 0 Å². The minimum Gasteiger partial charge on any atom is -0.362 e. The Morgan fingerprint density at radius 1 is 0.660 bits per heavy atom. The van der Waals surface area contributed by atoms with Crippen LogP contribution in [-0.4, -0.2) is 4.57 Å².